The summed E-state index contributed by atoms with van der Waals surface area (Å²) in [5.74, 6) is -2.65. The summed E-state index contributed by atoms with van der Waals surface area (Å²) >= 11 is 5.34. The maximum atomic E-state index is 13.6. The molecule has 0 saturated heterocycles. The van der Waals surface area contributed by atoms with Crippen LogP contribution in [-0.4, -0.2) is 17.6 Å². The first-order valence-corrected chi connectivity index (χ1v) is 5.24. The van der Waals surface area contributed by atoms with Crippen molar-refractivity contribution < 1.29 is 22.7 Å². The smallest absolute Gasteiger partial charge is 0.340 e. The second-order valence-electron chi connectivity index (χ2n) is 3.00. The van der Waals surface area contributed by atoms with Crippen LogP contribution in [0.5, 0.6) is 0 Å². The molecule has 0 atom stereocenters. The molecule has 0 fully saturated rings. The molecule has 17 heavy (non-hydrogen) atoms. The number of carbonyl (C=O) groups is 1. The van der Waals surface area contributed by atoms with Crippen LogP contribution in [0.2, 0.25) is 0 Å². The standard InChI is InChI=1S/C10H9ClF3NO2/c1-2-17-10(16)5-4-15-6(3-11)8(12)7(5)9(13)14/h4,9H,2-3H2,1H3. The van der Waals surface area contributed by atoms with Crippen LogP contribution < -0.4 is 0 Å². The Kier molecular flexibility index (Phi) is 4.74. The van der Waals surface area contributed by atoms with Gasteiger partial charge in [-0.2, -0.15) is 0 Å². The van der Waals surface area contributed by atoms with Gasteiger partial charge in [0.2, 0.25) is 0 Å². The Hall–Kier alpha value is -1.30. The highest BCUT2D eigenvalue weighted by atomic mass is 35.5. The average Bonchev–Trinajstić information content (AvgIpc) is 2.28. The monoisotopic (exact) mass is 267 g/mol. The van der Waals surface area contributed by atoms with Crippen molar-refractivity contribution in [3.63, 3.8) is 0 Å². The zero-order chi connectivity index (χ0) is 13.0. The van der Waals surface area contributed by atoms with Gasteiger partial charge in [0.1, 0.15) is 0 Å². The first-order valence-electron chi connectivity index (χ1n) is 4.71. The number of halogens is 4. The quantitative estimate of drug-likeness (QED) is 0.622. The van der Waals surface area contributed by atoms with Gasteiger partial charge in [0.05, 0.1) is 29.3 Å². The molecular formula is C10H9ClF3NO2. The number of esters is 1. The first kappa shape index (κ1) is 13.8. The Labute approximate surface area is 101 Å². The summed E-state index contributed by atoms with van der Waals surface area (Å²) in [5.41, 5.74) is -1.92. The van der Waals surface area contributed by atoms with Crippen molar-refractivity contribution in [3.05, 3.63) is 28.8 Å². The van der Waals surface area contributed by atoms with Gasteiger partial charge in [-0.25, -0.2) is 18.0 Å². The van der Waals surface area contributed by atoms with Crippen LogP contribution in [0.3, 0.4) is 0 Å². The molecule has 0 unspecified atom stereocenters. The maximum absolute atomic E-state index is 13.6. The van der Waals surface area contributed by atoms with Crippen molar-refractivity contribution in [2.24, 2.45) is 0 Å². The predicted molar refractivity (Wildman–Crippen MR) is 54.7 cm³/mol. The largest absolute Gasteiger partial charge is 0.462 e. The van der Waals surface area contributed by atoms with E-state index in [0.717, 1.165) is 6.20 Å². The number of rotatable bonds is 4. The molecule has 7 heteroatoms. The molecule has 0 aliphatic rings. The lowest BCUT2D eigenvalue weighted by Gasteiger charge is -2.10. The zero-order valence-electron chi connectivity index (χ0n) is 8.84. The lowest BCUT2D eigenvalue weighted by Crippen LogP contribution is -2.12. The number of aromatic nitrogens is 1. The molecule has 0 N–H and O–H groups in total. The molecular weight excluding hydrogens is 259 g/mol. The molecule has 0 amide bonds. The van der Waals surface area contributed by atoms with E-state index in [1.807, 2.05) is 0 Å². The van der Waals surface area contributed by atoms with Crippen molar-refractivity contribution in [1.29, 1.82) is 0 Å². The van der Waals surface area contributed by atoms with Gasteiger partial charge in [0, 0.05) is 6.20 Å². The van der Waals surface area contributed by atoms with Crippen LogP contribution >= 0.6 is 11.6 Å². The van der Waals surface area contributed by atoms with Crippen LogP contribution in [0.25, 0.3) is 0 Å². The molecule has 1 aromatic rings. The maximum Gasteiger partial charge on any atom is 0.340 e. The Morgan fingerprint density at radius 3 is 2.71 bits per heavy atom. The molecule has 1 aromatic heterocycles. The fourth-order valence-corrected chi connectivity index (χ4v) is 1.41. The minimum Gasteiger partial charge on any atom is -0.462 e. The van der Waals surface area contributed by atoms with Gasteiger partial charge < -0.3 is 4.74 Å². The third-order valence-electron chi connectivity index (χ3n) is 1.97. The second kappa shape index (κ2) is 5.86. The van der Waals surface area contributed by atoms with Gasteiger partial charge in [-0.05, 0) is 6.92 Å². The summed E-state index contributed by atoms with van der Waals surface area (Å²) in [6.45, 7) is 1.51. The molecule has 0 aliphatic carbocycles. The summed E-state index contributed by atoms with van der Waals surface area (Å²) in [7, 11) is 0. The number of hydrogen-bond donors (Lipinski definition) is 0. The van der Waals surface area contributed by atoms with Crippen LogP contribution in [0.1, 0.15) is 35.0 Å². The normalized spacial score (nSPS) is 10.7. The van der Waals surface area contributed by atoms with E-state index in [0.29, 0.717) is 0 Å². The molecule has 1 heterocycles. The van der Waals surface area contributed by atoms with E-state index >= 15 is 0 Å². The number of carbonyl (C=O) groups excluding carboxylic acids is 1. The SMILES string of the molecule is CCOC(=O)c1cnc(CCl)c(F)c1C(F)F. The van der Waals surface area contributed by atoms with E-state index < -0.39 is 29.3 Å². The van der Waals surface area contributed by atoms with Gasteiger partial charge in [-0.1, -0.05) is 0 Å². The van der Waals surface area contributed by atoms with Crippen molar-refractivity contribution in [1.82, 2.24) is 4.98 Å². The number of hydrogen-bond acceptors (Lipinski definition) is 3. The second-order valence-corrected chi connectivity index (χ2v) is 3.27. The Morgan fingerprint density at radius 1 is 1.59 bits per heavy atom. The lowest BCUT2D eigenvalue weighted by molar-refractivity contribution is 0.0512. The zero-order valence-corrected chi connectivity index (χ0v) is 9.60. The van der Waals surface area contributed by atoms with Gasteiger partial charge in [-0.3, -0.25) is 4.98 Å². The molecule has 0 saturated carbocycles. The molecule has 1 rings (SSSR count). The predicted octanol–water partition coefficient (Wildman–Crippen LogP) is 3.07. The number of nitrogens with zero attached hydrogens (tertiary/aromatic N) is 1. The fraction of sp³-hybridized carbons (Fsp3) is 0.400. The fourth-order valence-electron chi connectivity index (χ4n) is 1.22. The molecule has 0 aliphatic heterocycles. The Morgan fingerprint density at radius 2 is 2.24 bits per heavy atom. The van der Waals surface area contributed by atoms with E-state index in [2.05, 4.69) is 9.72 Å². The van der Waals surface area contributed by atoms with Crippen molar-refractivity contribution >= 4 is 17.6 Å². The topological polar surface area (TPSA) is 39.2 Å². The van der Waals surface area contributed by atoms with Crippen LogP contribution in [0.15, 0.2) is 6.20 Å². The highest BCUT2D eigenvalue weighted by Gasteiger charge is 2.26. The average molecular weight is 268 g/mol. The summed E-state index contributed by atoms with van der Waals surface area (Å²) in [6.07, 6.45) is -2.29. The number of ether oxygens (including phenoxy) is 1. The molecule has 94 valence electrons. The Balaban J connectivity index is 3.31. The van der Waals surface area contributed by atoms with E-state index in [1.165, 1.54) is 6.92 Å². The molecule has 0 aromatic carbocycles. The van der Waals surface area contributed by atoms with Crippen molar-refractivity contribution in [2.45, 2.75) is 19.2 Å². The number of alkyl halides is 3. The van der Waals surface area contributed by atoms with Gasteiger partial charge >= 0.3 is 5.97 Å². The molecule has 0 spiro atoms. The minimum atomic E-state index is -3.14. The van der Waals surface area contributed by atoms with Crippen molar-refractivity contribution in [2.75, 3.05) is 6.61 Å². The van der Waals surface area contributed by atoms with Gasteiger partial charge in [0.15, 0.2) is 5.82 Å². The molecule has 0 radical (unpaired) electrons. The Bertz CT molecular complexity index is 426. The van der Waals surface area contributed by atoms with Crippen LogP contribution in [0, 0.1) is 5.82 Å². The highest BCUT2D eigenvalue weighted by Crippen LogP contribution is 2.28. The van der Waals surface area contributed by atoms with E-state index in [-0.39, 0.29) is 18.2 Å². The summed E-state index contributed by atoms with van der Waals surface area (Å²) in [4.78, 5) is 14.8. The van der Waals surface area contributed by atoms with E-state index in [4.69, 9.17) is 11.6 Å². The summed E-state index contributed by atoms with van der Waals surface area (Å²) in [6, 6.07) is 0. The van der Waals surface area contributed by atoms with Gasteiger partial charge in [0.25, 0.3) is 6.43 Å². The third kappa shape index (κ3) is 2.88. The molecule has 0 bridgehead atoms. The highest BCUT2D eigenvalue weighted by molar-refractivity contribution is 6.16. The van der Waals surface area contributed by atoms with Gasteiger partial charge in [-0.15, -0.1) is 11.6 Å². The van der Waals surface area contributed by atoms with Crippen molar-refractivity contribution in [3.8, 4) is 0 Å². The lowest BCUT2D eigenvalue weighted by atomic mass is 10.1. The van der Waals surface area contributed by atoms with Crippen LogP contribution in [0.4, 0.5) is 13.2 Å². The summed E-state index contributed by atoms with van der Waals surface area (Å²) < 4.78 is 43.5. The van der Waals surface area contributed by atoms with E-state index in [9.17, 15) is 18.0 Å². The van der Waals surface area contributed by atoms with Crippen LogP contribution in [-0.2, 0) is 10.6 Å². The van der Waals surface area contributed by atoms with E-state index in [1.54, 1.807) is 0 Å². The molecule has 3 nitrogen and oxygen atoms in total. The summed E-state index contributed by atoms with van der Waals surface area (Å²) in [5, 5.41) is 0. The number of pyridine rings is 1. The first-order chi connectivity index (χ1) is 8.02. The third-order valence-corrected chi connectivity index (χ3v) is 2.22. The minimum absolute atomic E-state index is 0.000385.